The summed E-state index contributed by atoms with van der Waals surface area (Å²) in [5.74, 6) is 0.285. The molecule has 1 N–H and O–H groups in total. The molecular weight excluding hydrogens is 374 g/mol. The van der Waals surface area contributed by atoms with E-state index in [1.54, 1.807) is 0 Å². The summed E-state index contributed by atoms with van der Waals surface area (Å²) in [6.45, 7) is 7.90. The predicted octanol–water partition coefficient (Wildman–Crippen LogP) is 4.13. The summed E-state index contributed by atoms with van der Waals surface area (Å²) in [4.78, 5) is 20.9. The molecule has 1 aromatic heterocycles. The molecule has 1 aromatic carbocycles. The average molecular weight is 394 g/mol. The van der Waals surface area contributed by atoms with Crippen molar-refractivity contribution in [3.8, 4) is 0 Å². The molecule has 1 atom stereocenters. The highest BCUT2D eigenvalue weighted by molar-refractivity contribution is 9.10. The summed E-state index contributed by atoms with van der Waals surface area (Å²) in [7, 11) is 0. The third-order valence-corrected chi connectivity index (χ3v) is 5.07. The fourth-order valence-electron chi connectivity index (χ4n) is 2.05. The first-order valence-electron chi connectivity index (χ1n) is 7.36. The van der Waals surface area contributed by atoms with E-state index < -0.39 is 0 Å². The van der Waals surface area contributed by atoms with E-state index in [2.05, 4.69) is 31.2 Å². The molecule has 23 heavy (non-hydrogen) atoms. The van der Waals surface area contributed by atoms with E-state index in [1.165, 1.54) is 11.8 Å². The van der Waals surface area contributed by atoms with Crippen LogP contribution in [0.2, 0.25) is 0 Å². The fraction of sp³-hybridized carbons (Fsp3) is 0.353. The van der Waals surface area contributed by atoms with E-state index in [0.29, 0.717) is 10.9 Å². The number of carbonyl (C=O) groups excluding carboxylic acids is 1. The van der Waals surface area contributed by atoms with Gasteiger partial charge in [-0.25, -0.2) is 9.97 Å². The van der Waals surface area contributed by atoms with Crippen LogP contribution in [0.5, 0.6) is 0 Å². The lowest BCUT2D eigenvalue weighted by molar-refractivity contribution is -0.119. The highest BCUT2D eigenvalue weighted by Crippen LogP contribution is 2.19. The number of nitrogens with zero attached hydrogens (tertiary/aromatic N) is 2. The fourth-order valence-corrected chi connectivity index (χ4v) is 3.06. The largest absolute Gasteiger partial charge is 0.349 e. The van der Waals surface area contributed by atoms with Crippen molar-refractivity contribution in [1.82, 2.24) is 15.3 Å². The summed E-state index contributed by atoms with van der Waals surface area (Å²) in [6.07, 6.45) is 0. The first-order chi connectivity index (χ1) is 10.9. The molecule has 0 spiro atoms. The molecule has 1 heterocycles. The van der Waals surface area contributed by atoms with E-state index in [4.69, 9.17) is 0 Å². The van der Waals surface area contributed by atoms with Gasteiger partial charge in [-0.1, -0.05) is 39.8 Å². The Morgan fingerprint density at radius 3 is 2.30 bits per heavy atom. The Labute approximate surface area is 149 Å². The Morgan fingerprint density at radius 2 is 1.74 bits per heavy atom. The number of aromatic nitrogens is 2. The zero-order valence-electron chi connectivity index (χ0n) is 13.7. The summed E-state index contributed by atoms with van der Waals surface area (Å²) < 4.78 is 1.03. The molecule has 0 aliphatic heterocycles. The van der Waals surface area contributed by atoms with E-state index >= 15 is 0 Å². The molecule has 6 heteroatoms. The third-order valence-electron chi connectivity index (χ3n) is 3.69. The normalized spacial score (nSPS) is 12.0. The predicted molar refractivity (Wildman–Crippen MR) is 97.7 cm³/mol. The van der Waals surface area contributed by atoms with Crippen molar-refractivity contribution in [3.63, 3.8) is 0 Å². The van der Waals surface area contributed by atoms with Gasteiger partial charge in [-0.3, -0.25) is 4.79 Å². The Bertz CT molecular complexity index is 680. The van der Waals surface area contributed by atoms with Gasteiger partial charge < -0.3 is 5.32 Å². The van der Waals surface area contributed by atoms with Gasteiger partial charge in [-0.2, -0.15) is 0 Å². The second-order valence-corrected chi connectivity index (χ2v) is 7.29. The number of aryl methyl sites for hydroxylation is 2. The minimum absolute atomic E-state index is 0.0232. The first kappa shape index (κ1) is 17.9. The quantitative estimate of drug-likeness (QED) is 0.612. The lowest BCUT2D eigenvalue weighted by Gasteiger charge is -2.14. The zero-order chi connectivity index (χ0) is 17.0. The molecule has 2 rings (SSSR count). The SMILES string of the molecule is Cc1nc(SCC(=O)N[C@@H](C)c2ccc(Br)cc2)nc(C)c1C. The number of thioether (sulfide) groups is 1. The molecule has 0 fully saturated rings. The Morgan fingerprint density at radius 1 is 1.17 bits per heavy atom. The van der Waals surface area contributed by atoms with Gasteiger partial charge in [0.2, 0.25) is 5.91 Å². The molecule has 0 bridgehead atoms. The lowest BCUT2D eigenvalue weighted by Crippen LogP contribution is -2.28. The van der Waals surface area contributed by atoms with Crippen molar-refractivity contribution in [2.75, 3.05) is 5.75 Å². The third kappa shape index (κ3) is 5.04. The topological polar surface area (TPSA) is 54.9 Å². The van der Waals surface area contributed by atoms with Crippen molar-refractivity contribution < 1.29 is 4.79 Å². The smallest absolute Gasteiger partial charge is 0.230 e. The van der Waals surface area contributed by atoms with Crippen LogP contribution in [0.3, 0.4) is 0 Å². The summed E-state index contributed by atoms with van der Waals surface area (Å²) in [5.41, 5.74) is 4.10. The van der Waals surface area contributed by atoms with Crippen molar-refractivity contribution in [2.45, 2.75) is 38.9 Å². The van der Waals surface area contributed by atoms with Crippen molar-refractivity contribution in [2.24, 2.45) is 0 Å². The standard InChI is InChI=1S/C17H20BrN3OS/c1-10-11(2)20-17(21-12(10)3)23-9-16(22)19-13(4)14-5-7-15(18)8-6-14/h5-8,13H,9H2,1-4H3,(H,19,22)/t13-/m0/s1. The molecule has 0 saturated carbocycles. The van der Waals surface area contributed by atoms with Gasteiger partial charge >= 0.3 is 0 Å². The number of hydrogen-bond acceptors (Lipinski definition) is 4. The minimum atomic E-state index is -0.0291. The number of halogens is 1. The minimum Gasteiger partial charge on any atom is -0.349 e. The van der Waals surface area contributed by atoms with Crippen LogP contribution in [0, 0.1) is 20.8 Å². The average Bonchev–Trinajstić information content (AvgIpc) is 2.51. The van der Waals surface area contributed by atoms with Crippen LogP contribution in [-0.2, 0) is 4.79 Å². The molecule has 122 valence electrons. The van der Waals surface area contributed by atoms with Crippen LogP contribution < -0.4 is 5.32 Å². The van der Waals surface area contributed by atoms with E-state index in [-0.39, 0.29) is 11.9 Å². The molecule has 4 nitrogen and oxygen atoms in total. The van der Waals surface area contributed by atoms with Gasteiger partial charge in [0.15, 0.2) is 5.16 Å². The Hall–Kier alpha value is -1.40. The molecule has 0 aliphatic rings. The van der Waals surface area contributed by atoms with E-state index in [9.17, 15) is 4.79 Å². The number of carbonyl (C=O) groups is 1. The van der Waals surface area contributed by atoms with Crippen LogP contribution in [0.15, 0.2) is 33.9 Å². The molecule has 2 aromatic rings. The molecule has 0 aliphatic carbocycles. The maximum absolute atomic E-state index is 12.1. The molecule has 0 unspecified atom stereocenters. The van der Waals surface area contributed by atoms with Crippen LogP contribution in [0.1, 0.15) is 35.5 Å². The summed E-state index contributed by atoms with van der Waals surface area (Å²) in [5, 5.41) is 3.65. The van der Waals surface area contributed by atoms with Crippen molar-refractivity contribution >= 4 is 33.6 Å². The summed E-state index contributed by atoms with van der Waals surface area (Å²) >= 11 is 4.77. The number of benzene rings is 1. The van der Waals surface area contributed by atoms with Crippen LogP contribution in [0.4, 0.5) is 0 Å². The molecule has 0 radical (unpaired) electrons. The van der Waals surface area contributed by atoms with Gasteiger partial charge in [0.1, 0.15) is 0 Å². The second kappa shape index (κ2) is 7.93. The number of hydrogen-bond donors (Lipinski definition) is 1. The highest BCUT2D eigenvalue weighted by Gasteiger charge is 2.12. The molecule has 1 amide bonds. The summed E-state index contributed by atoms with van der Waals surface area (Å²) in [6, 6.07) is 7.91. The van der Waals surface area contributed by atoms with Gasteiger partial charge in [-0.15, -0.1) is 0 Å². The van der Waals surface area contributed by atoms with Crippen molar-refractivity contribution in [1.29, 1.82) is 0 Å². The second-order valence-electron chi connectivity index (χ2n) is 5.43. The van der Waals surface area contributed by atoms with Gasteiger partial charge in [0.05, 0.1) is 11.8 Å². The van der Waals surface area contributed by atoms with Gasteiger partial charge in [0.25, 0.3) is 0 Å². The molecular formula is C17H20BrN3OS. The van der Waals surface area contributed by atoms with Gasteiger partial charge in [-0.05, 0) is 51.0 Å². The Kier molecular flexibility index (Phi) is 6.18. The first-order valence-corrected chi connectivity index (χ1v) is 9.14. The van der Waals surface area contributed by atoms with E-state index in [0.717, 1.165) is 27.0 Å². The zero-order valence-corrected chi connectivity index (χ0v) is 16.1. The van der Waals surface area contributed by atoms with Gasteiger partial charge in [0, 0.05) is 15.9 Å². The van der Waals surface area contributed by atoms with Crippen LogP contribution in [-0.4, -0.2) is 21.6 Å². The van der Waals surface area contributed by atoms with Crippen LogP contribution in [0.25, 0.3) is 0 Å². The number of nitrogens with one attached hydrogen (secondary N) is 1. The maximum Gasteiger partial charge on any atom is 0.230 e. The number of rotatable bonds is 5. The monoisotopic (exact) mass is 393 g/mol. The maximum atomic E-state index is 12.1. The van der Waals surface area contributed by atoms with Crippen LogP contribution >= 0.6 is 27.7 Å². The number of amides is 1. The van der Waals surface area contributed by atoms with Crippen molar-refractivity contribution in [3.05, 3.63) is 51.3 Å². The highest BCUT2D eigenvalue weighted by atomic mass is 79.9. The Balaban J connectivity index is 1.91. The molecule has 0 saturated heterocycles. The lowest BCUT2D eigenvalue weighted by atomic mass is 10.1. The van der Waals surface area contributed by atoms with E-state index in [1.807, 2.05) is 52.0 Å².